The predicted octanol–water partition coefficient (Wildman–Crippen LogP) is 5.25. The van der Waals surface area contributed by atoms with E-state index in [1.807, 2.05) is 45.0 Å². The molecule has 3 aromatic rings. The fourth-order valence-electron chi connectivity index (χ4n) is 3.04. The smallest absolute Gasteiger partial charge is 0.280 e. The zero-order chi connectivity index (χ0) is 18.8. The average Bonchev–Trinajstić information content (AvgIpc) is 2.61. The van der Waals surface area contributed by atoms with Crippen LogP contribution in [0.4, 0.5) is 14.5 Å². The Morgan fingerprint density at radius 2 is 1.85 bits per heavy atom. The monoisotopic (exact) mass is 355 g/mol. The average molecular weight is 355 g/mol. The highest BCUT2D eigenvalue weighted by atomic mass is 19.3. The van der Waals surface area contributed by atoms with Gasteiger partial charge in [0.05, 0.1) is 16.8 Å². The highest BCUT2D eigenvalue weighted by Gasteiger charge is 2.18. The summed E-state index contributed by atoms with van der Waals surface area (Å²) in [7, 11) is 0. The van der Waals surface area contributed by atoms with Crippen LogP contribution in [0.5, 0.6) is 0 Å². The highest BCUT2D eigenvalue weighted by molar-refractivity contribution is 6.09. The molecule has 1 amide bonds. The largest absolute Gasteiger partial charge is 0.321 e. The second-order valence-corrected chi connectivity index (χ2v) is 6.38. The number of hydrogen-bond donors (Lipinski definition) is 1. The molecule has 0 bridgehead atoms. The van der Waals surface area contributed by atoms with E-state index in [-0.39, 0.29) is 17.2 Å². The van der Waals surface area contributed by atoms with Gasteiger partial charge in [0.15, 0.2) is 0 Å². The molecule has 4 nitrogen and oxygen atoms in total. The Hall–Kier alpha value is -2.89. The normalized spacial score (nSPS) is 11.3. The second kappa shape index (κ2) is 7.15. The fourth-order valence-corrected chi connectivity index (χ4v) is 3.04. The Kier molecular flexibility index (Phi) is 4.93. The first kappa shape index (κ1) is 17.9. The summed E-state index contributed by atoms with van der Waals surface area (Å²) in [6.07, 6.45) is -1.49. The van der Waals surface area contributed by atoms with Gasteiger partial charge in [-0.2, -0.15) is 0 Å². The van der Waals surface area contributed by atoms with E-state index in [1.54, 1.807) is 0 Å². The molecule has 0 atom stereocenters. The van der Waals surface area contributed by atoms with Crippen molar-refractivity contribution in [3.8, 4) is 0 Å². The first-order chi connectivity index (χ1) is 12.4. The maximum Gasteiger partial charge on any atom is 0.280 e. The van der Waals surface area contributed by atoms with Crippen LogP contribution < -0.4 is 5.32 Å². The number of alkyl halides is 2. The van der Waals surface area contributed by atoms with Gasteiger partial charge in [-0.3, -0.25) is 14.8 Å². The van der Waals surface area contributed by atoms with Gasteiger partial charge in [0.1, 0.15) is 5.69 Å². The van der Waals surface area contributed by atoms with E-state index in [4.69, 9.17) is 0 Å². The minimum atomic E-state index is -2.66. The quantitative estimate of drug-likeness (QED) is 0.695. The first-order valence-electron chi connectivity index (χ1n) is 8.33. The number of halogens is 2. The van der Waals surface area contributed by atoms with Crippen molar-refractivity contribution in [3.05, 3.63) is 65.1 Å². The predicted molar refractivity (Wildman–Crippen MR) is 97.7 cm³/mol. The summed E-state index contributed by atoms with van der Waals surface area (Å²) >= 11 is 0. The molecular formula is C20H19F2N3O. The van der Waals surface area contributed by atoms with Crippen LogP contribution in [-0.4, -0.2) is 15.9 Å². The summed E-state index contributed by atoms with van der Waals surface area (Å²) in [5.74, 6) is -0.238. The van der Waals surface area contributed by atoms with Gasteiger partial charge < -0.3 is 5.32 Å². The van der Waals surface area contributed by atoms with E-state index in [1.165, 1.54) is 18.3 Å². The molecule has 3 rings (SSSR count). The Balaban J connectivity index is 2.04. The van der Waals surface area contributed by atoms with E-state index < -0.39 is 12.3 Å². The Labute approximate surface area is 150 Å². The van der Waals surface area contributed by atoms with Crippen LogP contribution in [0.1, 0.15) is 53.5 Å². The number of aromatic nitrogens is 2. The number of carbonyl (C=O) groups excluding carboxylic acids is 1. The lowest BCUT2D eigenvalue weighted by molar-refractivity contribution is 0.102. The van der Waals surface area contributed by atoms with Crippen molar-refractivity contribution in [2.45, 2.75) is 33.1 Å². The van der Waals surface area contributed by atoms with Gasteiger partial charge in [0.25, 0.3) is 12.3 Å². The number of nitrogens with zero attached hydrogens (tertiary/aromatic N) is 2. The zero-order valence-corrected chi connectivity index (χ0v) is 14.8. The summed E-state index contributed by atoms with van der Waals surface area (Å²) in [5.41, 5.74) is 3.16. The molecule has 0 saturated heterocycles. The summed E-state index contributed by atoms with van der Waals surface area (Å²) < 4.78 is 25.3. The number of amides is 1. The van der Waals surface area contributed by atoms with Crippen LogP contribution in [0.2, 0.25) is 0 Å². The molecule has 134 valence electrons. The van der Waals surface area contributed by atoms with Crippen molar-refractivity contribution in [3.63, 3.8) is 0 Å². The third-order valence-electron chi connectivity index (χ3n) is 4.21. The molecule has 0 aliphatic rings. The van der Waals surface area contributed by atoms with E-state index in [9.17, 15) is 13.6 Å². The number of nitrogens with one attached hydrogen (secondary N) is 1. The highest BCUT2D eigenvalue weighted by Crippen LogP contribution is 2.33. The number of para-hydroxylation sites is 1. The van der Waals surface area contributed by atoms with Crippen LogP contribution in [0.15, 0.2) is 42.6 Å². The minimum absolute atomic E-state index is 0.154. The van der Waals surface area contributed by atoms with Crippen LogP contribution >= 0.6 is 0 Å². The molecule has 1 N–H and O–H groups in total. The van der Waals surface area contributed by atoms with Crippen LogP contribution in [-0.2, 0) is 0 Å². The van der Waals surface area contributed by atoms with Gasteiger partial charge >= 0.3 is 0 Å². The Morgan fingerprint density at radius 1 is 1.12 bits per heavy atom. The third kappa shape index (κ3) is 3.40. The molecular weight excluding hydrogens is 336 g/mol. The number of carbonyl (C=O) groups is 1. The number of rotatable bonds is 4. The Bertz CT molecular complexity index is 953. The van der Waals surface area contributed by atoms with Crippen LogP contribution in [0.3, 0.4) is 0 Å². The van der Waals surface area contributed by atoms with Crippen molar-refractivity contribution in [2.75, 3.05) is 5.32 Å². The third-order valence-corrected chi connectivity index (χ3v) is 4.21. The lowest BCUT2D eigenvalue weighted by Gasteiger charge is -2.19. The van der Waals surface area contributed by atoms with Crippen LogP contribution in [0.25, 0.3) is 10.9 Å². The van der Waals surface area contributed by atoms with Crippen molar-refractivity contribution in [2.24, 2.45) is 0 Å². The summed E-state index contributed by atoms with van der Waals surface area (Å²) in [5, 5.41) is 3.77. The van der Waals surface area contributed by atoms with Gasteiger partial charge in [-0.25, -0.2) is 8.78 Å². The molecule has 1 aromatic carbocycles. The molecule has 0 aliphatic carbocycles. The van der Waals surface area contributed by atoms with Gasteiger partial charge in [0.2, 0.25) is 0 Å². The minimum Gasteiger partial charge on any atom is -0.321 e. The lowest BCUT2D eigenvalue weighted by atomic mass is 9.96. The number of hydrogen-bond acceptors (Lipinski definition) is 3. The SMILES string of the molecule is Cc1nc2ccccc2c(NC(=O)c2ccc(C(F)F)nc2)c1C(C)C. The maximum atomic E-state index is 12.7. The molecule has 0 unspecified atom stereocenters. The van der Waals surface area contributed by atoms with Crippen molar-refractivity contribution in [1.29, 1.82) is 0 Å². The Morgan fingerprint density at radius 3 is 2.46 bits per heavy atom. The molecule has 0 spiro atoms. The zero-order valence-electron chi connectivity index (χ0n) is 14.8. The van der Waals surface area contributed by atoms with Crippen molar-refractivity contribution in [1.82, 2.24) is 9.97 Å². The second-order valence-electron chi connectivity index (χ2n) is 6.38. The number of aryl methyl sites for hydroxylation is 1. The molecule has 0 saturated carbocycles. The lowest BCUT2D eigenvalue weighted by Crippen LogP contribution is -2.16. The number of fused-ring (bicyclic) bond motifs is 1. The fraction of sp³-hybridized carbons (Fsp3) is 0.250. The standard InChI is InChI=1S/C20H19F2N3O/c1-11(2)17-12(3)24-15-7-5-4-6-14(15)18(17)25-20(26)13-8-9-16(19(21)22)23-10-13/h4-11,19H,1-3H3,(H,24,25,26). The molecule has 2 aromatic heterocycles. The first-order valence-corrected chi connectivity index (χ1v) is 8.33. The molecule has 2 heterocycles. The van der Waals surface area contributed by atoms with Crippen LogP contribution in [0, 0.1) is 6.92 Å². The van der Waals surface area contributed by atoms with Gasteiger partial charge in [-0.15, -0.1) is 0 Å². The summed E-state index contributed by atoms with van der Waals surface area (Å²) in [4.78, 5) is 20.9. The number of anilines is 1. The molecule has 26 heavy (non-hydrogen) atoms. The summed E-state index contributed by atoms with van der Waals surface area (Å²) in [6, 6.07) is 10.1. The molecule has 0 fully saturated rings. The molecule has 0 aliphatic heterocycles. The van der Waals surface area contributed by atoms with Gasteiger partial charge in [-0.05, 0) is 31.0 Å². The van der Waals surface area contributed by atoms with Crippen molar-refractivity contribution >= 4 is 22.5 Å². The molecule has 0 radical (unpaired) electrons. The van der Waals surface area contributed by atoms with E-state index >= 15 is 0 Å². The number of pyridine rings is 2. The molecule has 6 heteroatoms. The number of benzene rings is 1. The van der Waals surface area contributed by atoms with E-state index in [0.29, 0.717) is 5.69 Å². The van der Waals surface area contributed by atoms with E-state index in [0.717, 1.165) is 22.2 Å². The summed E-state index contributed by atoms with van der Waals surface area (Å²) in [6.45, 7) is 5.98. The van der Waals surface area contributed by atoms with Gasteiger partial charge in [-0.1, -0.05) is 32.0 Å². The van der Waals surface area contributed by atoms with Crippen molar-refractivity contribution < 1.29 is 13.6 Å². The van der Waals surface area contributed by atoms with Gasteiger partial charge in [0, 0.05) is 22.8 Å². The van der Waals surface area contributed by atoms with E-state index in [2.05, 4.69) is 15.3 Å². The maximum absolute atomic E-state index is 12.7. The topological polar surface area (TPSA) is 54.9 Å².